The first-order valence-electron chi connectivity index (χ1n) is 7.75. The average Bonchev–Trinajstić information content (AvgIpc) is 3.17. The molecule has 3 aliphatic heterocycles. The number of rotatable bonds is 3. The molecule has 20 heavy (non-hydrogen) atoms. The van der Waals surface area contributed by atoms with Crippen molar-refractivity contribution in [2.75, 3.05) is 13.1 Å². The standard InChI is InChI=1S/C15H22N4O/c1-10-6-17-18(9-10)5-4-15(20)19-13-2-3-14(19)12-8-16-7-11(12)13/h6,9,11-14,16H,2-5,7-8H2,1H3/t11-,12+,13-,14+. The van der Waals surface area contributed by atoms with Crippen LogP contribution < -0.4 is 5.32 Å². The Morgan fingerprint density at radius 3 is 2.65 bits per heavy atom. The molecule has 4 heterocycles. The number of hydrogen-bond acceptors (Lipinski definition) is 3. The van der Waals surface area contributed by atoms with Crippen molar-refractivity contribution in [3.63, 3.8) is 0 Å². The van der Waals surface area contributed by atoms with Gasteiger partial charge in [-0.3, -0.25) is 9.48 Å². The van der Waals surface area contributed by atoms with Gasteiger partial charge < -0.3 is 10.2 Å². The molecule has 1 aromatic heterocycles. The van der Waals surface area contributed by atoms with E-state index in [2.05, 4.69) is 15.3 Å². The summed E-state index contributed by atoms with van der Waals surface area (Å²) in [7, 11) is 0. The number of fused-ring (bicyclic) bond motifs is 5. The number of aryl methyl sites for hydroxylation is 2. The van der Waals surface area contributed by atoms with Gasteiger partial charge in [0.1, 0.15) is 0 Å². The third-order valence-electron chi connectivity index (χ3n) is 5.38. The number of nitrogens with one attached hydrogen (secondary N) is 1. The van der Waals surface area contributed by atoms with Crippen LogP contribution in [0.4, 0.5) is 0 Å². The zero-order chi connectivity index (χ0) is 13.7. The van der Waals surface area contributed by atoms with Crippen molar-refractivity contribution in [2.45, 2.75) is 44.8 Å². The van der Waals surface area contributed by atoms with Crippen LogP contribution in [0, 0.1) is 18.8 Å². The van der Waals surface area contributed by atoms with Crippen LogP contribution in [-0.4, -0.2) is 45.8 Å². The highest BCUT2D eigenvalue weighted by molar-refractivity contribution is 5.77. The van der Waals surface area contributed by atoms with E-state index in [9.17, 15) is 4.79 Å². The molecule has 3 fully saturated rings. The van der Waals surface area contributed by atoms with Crippen molar-refractivity contribution in [3.8, 4) is 0 Å². The summed E-state index contributed by atoms with van der Waals surface area (Å²) in [5, 5.41) is 7.75. The van der Waals surface area contributed by atoms with Gasteiger partial charge in [0.25, 0.3) is 0 Å². The van der Waals surface area contributed by atoms with Crippen molar-refractivity contribution in [1.82, 2.24) is 20.0 Å². The van der Waals surface area contributed by atoms with Crippen LogP contribution >= 0.6 is 0 Å². The Morgan fingerprint density at radius 2 is 2.05 bits per heavy atom. The van der Waals surface area contributed by atoms with E-state index in [0.717, 1.165) is 18.7 Å². The lowest BCUT2D eigenvalue weighted by Crippen LogP contribution is -2.39. The molecular formula is C15H22N4O. The number of hydrogen-bond donors (Lipinski definition) is 1. The highest BCUT2D eigenvalue weighted by atomic mass is 16.2. The lowest BCUT2D eigenvalue weighted by Gasteiger charge is -2.24. The van der Waals surface area contributed by atoms with E-state index < -0.39 is 0 Å². The molecule has 0 aromatic carbocycles. The smallest absolute Gasteiger partial charge is 0.224 e. The molecular weight excluding hydrogens is 252 g/mol. The predicted octanol–water partition coefficient (Wildman–Crippen LogP) is 0.790. The van der Waals surface area contributed by atoms with Gasteiger partial charge in [-0.15, -0.1) is 0 Å². The molecule has 1 N–H and O–H groups in total. The molecule has 0 aliphatic carbocycles. The Kier molecular flexibility index (Phi) is 2.84. The first kappa shape index (κ1) is 12.4. The maximum absolute atomic E-state index is 12.6. The van der Waals surface area contributed by atoms with Crippen LogP contribution in [0.15, 0.2) is 12.4 Å². The maximum atomic E-state index is 12.6. The van der Waals surface area contributed by atoms with Gasteiger partial charge in [-0.05, 0) is 37.2 Å². The fraction of sp³-hybridized carbons (Fsp3) is 0.733. The fourth-order valence-corrected chi connectivity index (χ4v) is 4.57. The van der Waals surface area contributed by atoms with Gasteiger partial charge >= 0.3 is 0 Å². The largest absolute Gasteiger partial charge is 0.336 e. The molecule has 1 aromatic rings. The minimum absolute atomic E-state index is 0.333. The molecule has 4 rings (SSSR count). The van der Waals surface area contributed by atoms with Gasteiger partial charge in [0.05, 0.1) is 6.20 Å². The first-order chi connectivity index (χ1) is 9.74. The molecule has 0 radical (unpaired) electrons. The number of carbonyl (C=O) groups is 1. The SMILES string of the molecule is Cc1cnn(CCC(=O)N2[C@@H]3CC[C@H]2[C@H]2CNC[C@H]23)c1. The van der Waals surface area contributed by atoms with Gasteiger partial charge in [-0.1, -0.05) is 0 Å². The van der Waals surface area contributed by atoms with Gasteiger partial charge in [0.15, 0.2) is 0 Å². The highest BCUT2D eigenvalue weighted by Crippen LogP contribution is 2.47. The van der Waals surface area contributed by atoms with E-state index in [1.165, 1.54) is 12.8 Å². The summed E-state index contributed by atoms with van der Waals surface area (Å²) in [5.41, 5.74) is 1.15. The summed E-state index contributed by atoms with van der Waals surface area (Å²) in [6, 6.07) is 1.01. The van der Waals surface area contributed by atoms with Crippen molar-refractivity contribution in [3.05, 3.63) is 18.0 Å². The molecule has 1 amide bonds. The molecule has 3 aliphatic rings. The van der Waals surface area contributed by atoms with Crippen LogP contribution in [0.3, 0.4) is 0 Å². The Morgan fingerprint density at radius 1 is 1.35 bits per heavy atom. The summed E-state index contributed by atoms with van der Waals surface area (Å²) in [5.74, 6) is 1.76. The van der Waals surface area contributed by atoms with Gasteiger partial charge in [0.2, 0.25) is 5.91 Å². The van der Waals surface area contributed by atoms with Crippen molar-refractivity contribution >= 4 is 5.91 Å². The van der Waals surface area contributed by atoms with E-state index in [0.29, 0.717) is 42.8 Å². The molecule has 5 heteroatoms. The quantitative estimate of drug-likeness (QED) is 0.886. The van der Waals surface area contributed by atoms with Crippen LogP contribution in [0.5, 0.6) is 0 Å². The monoisotopic (exact) mass is 274 g/mol. The Labute approximate surface area is 119 Å². The number of amides is 1. The molecule has 0 unspecified atom stereocenters. The third-order valence-corrected chi connectivity index (χ3v) is 5.38. The number of carbonyl (C=O) groups excluding carboxylic acids is 1. The van der Waals surface area contributed by atoms with Crippen LogP contribution in [0.25, 0.3) is 0 Å². The number of nitrogens with zero attached hydrogens (tertiary/aromatic N) is 3. The fourth-order valence-electron chi connectivity index (χ4n) is 4.57. The zero-order valence-corrected chi connectivity index (χ0v) is 12.0. The first-order valence-corrected chi connectivity index (χ1v) is 7.75. The maximum Gasteiger partial charge on any atom is 0.224 e. The molecule has 108 valence electrons. The van der Waals surface area contributed by atoms with Crippen LogP contribution in [-0.2, 0) is 11.3 Å². The van der Waals surface area contributed by atoms with E-state index in [1.54, 1.807) is 0 Å². The van der Waals surface area contributed by atoms with Gasteiger partial charge in [0, 0.05) is 44.3 Å². The lowest BCUT2D eigenvalue weighted by atomic mass is 9.82. The van der Waals surface area contributed by atoms with Crippen molar-refractivity contribution in [2.24, 2.45) is 11.8 Å². The molecule has 5 nitrogen and oxygen atoms in total. The molecule has 3 saturated heterocycles. The van der Waals surface area contributed by atoms with Crippen molar-refractivity contribution in [1.29, 1.82) is 0 Å². The van der Waals surface area contributed by atoms with Gasteiger partial charge in [-0.2, -0.15) is 5.10 Å². The Hall–Kier alpha value is -1.36. The molecule has 0 saturated carbocycles. The summed E-state index contributed by atoms with van der Waals surface area (Å²) in [6.45, 7) is 4.94. The second-order valence-electron chi connectivity index (χ2n) is 6.53. The highest BCUT2D eigenvalue weighted by Gasteiger charge is 2.55. The third kappa shape index (κ3) is 1.79. The summed E-state index contributed by atoms with van der Waals surface area (Å²) >= 11 is 0. The summed E-state index contributed by atoms with van der Waals surface area (Å²) < 4.78 is 1.88. The van der Waals surface area contributed by atoms with E-state index in [1.807, 2.05) is 24.0 Å². The van der Waals surface area contributed by atoms with E-state index in [4.69, 9.17) is 0 Å². The van der Waals surface area contributed by atoms with Crippen molar-refractivity contribution < 1.29 is 4.79 Å². The average molecular weight is 274 g/mol. The minimum Gasteiger partial charge on any atom is -0.336 e. The van der Waals surface area contributed by atoms with Crippen LogP contribution in [0.2, 0.25) is 0 Å². The lowest BCUT2D eigenvalue weighted by molar-refractivity contribution is -0.133. The topological polar surface area (TPSA) is 50.2 Å². The summed E-state index contributed by atoms with van der Waals surface area (Å²) in [4.78, 5) is 14.8. The molecule has 4 atom stereocenters. The van der Waals surface area contributed by atoms with Gasteiger partial charge in [-0.25, -0.2) is 0 Å². The van der Waals surface area contributed by atoms with E-state index in [-0.39, 0.29) is 0 Å². The zero-order valence-electron chi connectivity index (χ0n) is 12.0. The predicted molar refractivity (Wildman–Crippen MR) is 75.1 cm³/mol. The number of aromatic nitrogens is 2. The second kappa shape index (κ2) is 4.58. The Bertz CT molecular complexity index is 508. The second-order valence-corrected chi connectivity index (χ2v) is 6.53. The molecule has 0 spiro atoms. The normalized spacial score (nSPS) is 34.8. The minimum atomic E-state index is 0.333. The molecule has 2 bridgehead atoms. The summed E-state index contributed by atoms with van der Waals surface area (Å²) in [6.07, 6.45) is 6.85. The van der Waals surface area contributed by atoms with Crippen LogP contribution in [0.1, 0.15) is 24.8 Å². The Balaban J connectivity index is 1.42. The van der Waals surface area contributed by atoms with E-state index >= 15 is 0 Å².